The van der Waals surface area contributed by atoms with Gasteiger partial charge in [0.1, 0.15) is 18.2 Å². The number of hydrogen-bond acceptors (Lipinski definition) is 6. The van der Waals surface area contributed by atoms with Gasteiger partial charge in [-0.15, -0.1) is 11.3 Å². The molecule has 0 fully saturated rings. The maximum absolute atomic E-state index is 13.6. The Kier molecular flexibility index (Phi) is 10.00. The molecule has 0 aliphatic heterocycles. The van der Waals surface area contributed by atoms with E-state index >= 15 is 0 Å². The predicted molar refractivity (Wildman–Crippen MR) is 172 cm³/mol. The summed E-state index contributed by atoms with van der Waals surface area (Å²) < 4.78 is 47.1. The Balaban J connectivity index is 1.44. The summed E-state index contributed by atoms with van der Waals surface area (Å²) in [4.78, 5) is 30.7. The lowest BCUT2D eigenvalue weighted by Gasteiger charge is -2.14. The lowest BCUT2D eigenvalue weighted by molar-refractivity contribution is 0.0804. The van der Waals surface area contributed by atoms with Gasteiger partial charge in [0, 0.05) is 25.3 Å². The molecule has 0 saturated carbocycles. The van der Waals surface area contributed by atoms with E-state index in [1.165, 1.54) is 24.3 Å². The Morgan fingerprint density at radius 1 is 1.00 bits per heavy atom. The van der Waals surface area contributed by atoms with E-state index < -0.39 is 24.8 Å². The fourth-order valence-electron chi connectivity index (χ4n) is 4.21. The average Bonchev–Trinajstić information content (AvgIpc) is 3.57. The molecule has 0 bridgehead atoms. The van der Waals surface area contributed by atoms with Crippen LogP contribution in [0.5, 0.6) is 5.75 Å². The third-order valence-corrected chi connectivity index (χ3v) is 8.68. The quantitative estimate of drug-likeness (QED) is 0.134. The van der Waals surface area contributed by atoms with Crippen LogP contribution in [-0.2, 0) is 13.6 Å². The summed E-state index contributed by atoms with van der Waals surface area (Å²) in [6, 6.07) is 12.8. The number of aryl methyl sites for hydroxylation is 1. The van der Waals surface area contributed by atoms with Crippen LogP contribution in [0.4, 0.5) is 30.5 Å². The van der Waals surface area contributed by atoms with E-state index in [4.69, 9.17) is 51.1 Å². The molecular formula is C29H20Cl4F3N5O3S. The average molecular weight is 717 g/mol. The minimum Gasteiger partial charge on any atom is -0.487 e. The van der Waals surface area contributed by atoms with Crippen LogP contribution in [0.2, 0.25) is 19.4 Å². The zero-order valence-electron chi connectivity index (χ0n) is 22.9. The highest BCUT2D eigenvalue weighted by Gasteiger charge is 2.21. The first-order chi connectivity index (χ1) is 21.4. The Morgan fingerprint density at radius 3 is 2.47 bits per heavy atom. The van der Waals surface area contributed by atoms with Crippen molar-refractivity contribution in [3.63, 3.8) is 0 Å². The van der Waals surface area contributed by atoms with Gasteiger partial charge in [0.25, 0.3) is 18.2 Å². The fraction of sp³-hybridized carbons (Fsp3) is 0.138. The summed E-state index contributed by atoms with van der Waals surface area (Å²) in [6.45, 7) is -0.880. The topological polar surface area (TPSA) is 97.3 Å². The summed E-state index contributed by atoms with van der Waals surface area (Å²) in [5.74, 6) is -1.62. The number of carbonyl (C=O) groups is 2. The van der Waals surface area contributed by atoms with Gasteiger partial charge in [0.05, 0.1) is 46.6 Å². The fourth-order valence-corrected chi connectivity index (χ4v) is 5.88. The number of nitrogens with one attached hydrogen (secondary N) is 3. The second-order valence-electron chi connectivity index (χ2n) is 9.42. The third-order valence-electron chi connectivity index (χ3n) is 6.41. The molecule has 3 N–H and O–H groups in total. The first kappa shape index (κ1) is 32.7. The Labute approximate surface area is 278 Å². The number of rotatable bonds is 10. The number of benzene rings is 3. The number of imidazole rings is 1. The zero-order chi connectivity index (χ0) is 32.4. The Bertz CT molecular complexity index is 1940. The second-order valence-corrected chi connectivity index (χ2v) is 12.3. The number of nitrogens with zero attached hydrogens (tertiary/aromatic N) is 2. The van der Waals surface area contributed by atoms with Crippen molar-refractivity contribution in [3.05, 3.63) is 95.8 Å². The molecule has 0 aliphatic rings. The summed E-state index contributed by atoms with van der Waals surface area (Å²) in [7, 11) is 1.65. The number of alkyl halides is 2. The molecule has 0 aliphatic carbocycles. The summed E-state index contributed by atoms with van der Waals surface area (Å²) in [6.07, 6.45) is -2.80. The van der Waals surface area contributed by atoms with Gasteiger partial charge in [0.15, 0.2) is 0 Å². The number of thiophene rings is 1. The Hall–Kier alpha value is -3.68. The molecule has 5 rings (SSSR count). The number of aromatic nitrogens is 2. The van der Waals surface area contributed by atoms with Gasteiger partial charge in [0.2, 0.25) is 5.95 Å². The molecule has 2 heterocycles. The lowest BCUT2D eigenvalue weighted by Crippen LogP contribution is -2.22. The van der Waals surface area contributed by atoms with Gasteiger partial charge in [-0.3, -0.25) is 9.59 Å². The molecule has 45 heavy (non-hydrogen) atoms. The van der Waals surface area contributed by atoms with Gasteiger partial charge in [-0.05, 0) is 48.0 Å². The molecule has 2 aromatic heterocycles. The van der Waals surface area contributed by atoms with E-state index in [-0.39, 0.29) is 50.5 Å². The number of amides is 2. The van der Waals surface area contributed by atoms with Crippen LogP contribution in [0, 0.1) is 5.82 Å². The van der Waals surface area contributed by atoms with Crippen LogP contribution >= 0.6 is 57.7 Å². The smallest absolute Gasteiger partial charge is 0.272 e. The van der Waals surface area contributed by atoms with E-state index in [1.807, 2.05) is 0 Å². The van der Waals surface area contributed by atoms with Crippen LogP contribution < -0.4 is 20.7 Å². The van der Waals surface area contributed by atoms with Crippen LogP contribution in [0.15, 0.2) is 54.6 Å². The molecule has 5 aromatic rings. The van der Waals surface area contributed by atoms with Crippen molar-refractivity contribution in [2.45, 2.75) is 13.0 Å². The monoisotopic (exact) mass is 715 g/mol. The van der Waals surface area contributed by atoms with Crippen molar-refractivity contribution in [1.29, 1.82) is 0 Å². The lowest BCUT2D eigenvalue weighted by atomic mass is 10.1. The zero-order valence-corrected chi connectivity index (χ0v) is 26.7. The van der Waals surface area contributed by atoms with E-state index in [9.17, 15) is 22.8 Å². The standard InChI is InChI=1S/C29H20Cl4F3N5O3S/c1-41-20-10-21(44-12-24(35)36)15(27(42)38-14-3-5-18(34)17(31)8-14)9-19(20)39-29(41)40-26-16(30)4-2-13(25(26)33)11-37-28(43)22-6-7-23(32)45-22/h2-10,24H,11-12H2,1H3,(H,37,43)(H,38,42)(H,39,40). The number of fused-ring (bicyclic) bond motifs is 1. The normalized spacial score (nSPS) is 11.2. The molecule has 8 nitrogen and oxygen atoms in total. The third kappa shape index (κ3) is 7.42. The molecule has 0 unspecified atom stereocenters. The number of ether oxygens (including phenoxy) is 1. The molecule has 0 atom stereocenters. The largest absolute Gasteiger partial charge is 0.487 e. The molecule has 234 valence electrons. The molecule has 0 saturated heterocycles. The van der Waals surface area contributed by atoms with E-state index in [1.54, 1.807) is 35.9 Å². The van der Waals surface area contributed by atoms with Gasteiger partial charge < -0.3 is 25.3 Å². The van der Waals surface area contributed by atoms with E-state index in [2.05, 4.69) is 20.9 Å². The molecular weight excluding hydrogens is 697 g/mol. The Morgan fingerprint density at radius 2 is 1.78 bits per heavy atom. The molecule has 16 heteroatoms. The summed E-state index contributed by atoms with van der Waals surface area (Å²) in [5, 5.41) is 8.68. The van der Waals surface area contributed by atoms with Crippen LogP contribution in [0.1, 0.15) is 25.6 Å². The minimum absolute atomic E-state index is 0.0875. The van der Waals surface area contributed by atoms with Crippen molar-refractivity contribution in [3.8, 4) is 5.75 Å². The van der Waals surface area contributed by atoms with Crippen molar-refractivity contribution in [1.82, 2.24) is 14.9 Å². The first-order valence-electron chi connectivity index (χ1n) is 12.9. The number of carbonyl (C=O) groups excluding carboxylic acids is 2. The predicted octanol–water partition coefficient (Wildman–Crippen LogP) is 8.96. The highest BCUT2D eigenvalue weighted by molar-refractivity contribution is 7.18. The molecule has 0 spiro atoms. The molecule has 3 aromatic carbocycles. The SMILES string of the molecule is Cn1c(Nc2c(Cl)ccc(CNC(=O)c3ccc(Cl)s3)c2Cl)nc2cc(C(=O)Nc3ccc(F)c(Cl)c3)c(OCC(F)F)cc21. The van der Waals surface area contributed by atoms with Gasteiger partial charge in [-0.25, -0.2) is 18.2 Å². The van der Waals surface area contributed by atoms with Gasteiger partial charge in [-0.1, -0.05) is 52.5 Å². The highest BCUT2D eigenvalue weighted by atomic mass is 35.5. The van der Waals surface area contributed by atoms with Crippen molar-refractivity contribution < 1.29 is 27.5 Å². The number of hydrogen-bond donors (Lipinski definition) is 3. The van der Waals surface area contributed by atoms with Crippen molar-refractivity contribution in [2.24, 2.45) is 7.05 Å². The number of anilines is 3. The van der Waals surface area contributed by atoms with Gasteiger partial charge >= 0.3 is 0 Å². The first-order valence-corrected chi connectivity index (χ1v) is 15.2. The van der Waals surface area contributed by atoms with E-state index in [0.717, 1.165) is 17.4 Å². The molecule has 0 radical (unpaired) electrons. The maximum Gasteiger partial charge on any atom is 0.272 e. The van der Waals surface area contributed by atoms with Crippen LogP contribution in [0.3, 0.4) is 0 Å². The van der Waals surface area contributed by atoms with E-state index in [0.29, 0.717) is 31.5 Å². The van der Waals surface area contributed by atoms with Crippen molar-refractivity contribution in [2.75, 3.05) is 17.2 Å². The highest BCUT2D eigenvalue weighted by Crippen LogP contribution is 2.37. The number of halogens is 7. The summed E-state index contributed by atoms with van der Waals surface area (Å²) >= 11 is 26.0. The van der Waals surface area contributed by atoms with Crippen molar-refractivity contribution >= 4 is 97.9 Å². The summed E-state index contributed by atoms with van der Waals surface area (Å²) in [5.41, 5.74) is 1.65. The van der Waals surface area contributed by atoms with Gasteiger partial charge in [-0.2, -0.15) is 0 Å². The second kappa shape index (κ2) is 13.8. The maximum atomic E-state index is 13.6. The van der Waals surface area contributed by atoms with Crippen LogP contribution in [0.25, 0.3) is 11.0 Å². The minimum atomic E-state index is -2.80. The molecule has 2 amide bonds. The van der Waals surface area contributed by atoms with Crippen LogP contribution in [-0.4, -0.2) is 34.4 Å².